The molecule has 1 atom stereocenters. The average molecular weight is 213 g/mol. The molecule has 82 valence electrons. The Morgan fingerprint density at radius 2 is 2.14 bits per heavy atom. The van der Waals surface area contributed by atoms with E-state index in [4.69, 9.17) is 0 Å². The fourth-order valence-electron chi connectivity index (χ4n) is 2.26. The molecule has 2 aliphatic rings. The maximum absolute atomic E-state index is 3.71. The molecule has 2 rings (SSSR count). The minimum Gasteiger partial charge on any atom is -0.313 e. The highest BCUT2D eigenvalue weighted by atomic mass is 32.2. The lowest BCUT2D eigenvalue weighted by Gasteiger charge is -2.29. The van der Waals surface area contributed by atoms with Crippen LogP contribution in [0.1, 0.15) is 45.4 Å². The van der Waals surface area contributed by atoms with Crippen molar-refractivity contribution in [3.05, 3.63) is 0 Å². The Morgan fingerprint density at radius 1 is 1.43 bits per heavy atom. The second kappa shape index (κ2) is 4.44. The van der Waals surface area contributed by atoms with Crippen LogP contribution in [-0.4, -0.2) is 23.6 Å². The van der Waals surface area contributed by atoms with Gasteiger partial charge in [0, 0.05) is 17.3 Å². The predicted molar refractivity (Wildman–Crippen MR) is 64.9 cm³/mol. The van der Waals surface area contributed by atoms with Crippen LogP contribution >= 0.6 is 11.8 Å². The molecule has 0 amide bonds. The van der Waals surface area contributed by atoms with Crippen molar-refractivity contribution in [3.63, 3.8) is 0 Å². The van der Waals surface area contributed by atoms with Crippen LogP contribution in [0, 0.1) is 5.92 Å². The Labute approximate surface area is 92.4 Å². The van der Waals surface area contributed by atoms with Crippen molar-refractivity contribution < 1.29 is 0 Å². The fraction of sp³-hybridized carbons (Fsp3) is 1.00. The number of nitrogens with one attached hydrogen (secondary N) is 1. The van der Waals surface area contributed by atoms with Crippen LogP contribution in [0.15, 0.2) is 0 Å². The summed E-state index contributed by atoms with van der Waals surface area (Å²) in [6.45, 7) is 3.59. The first-order valence-electron chi connectivity index (χ1n) is 6.03. The average Bonchev–Trinajstić information content (AvgIpc) is 2.89. The molecule has 1 N–H and O–H groups in total. The van der Waals surface area contributed by atoms with Gasteiger partial charge in [-0.15, -0.1) is 0 Å². The summed E-state index contributed by atoms with van der Waals surface area (Å²) in [5.74, 6) is 1.04. The van der Waals surface area contributed by atoms with Crippen LogP contribution in [0.2, 0.25) is 0 Å². The highest BCUT2D eigenvalue weighted by Crippen LogP contribution is 2.46. The van der Waals surface area contributed by atoms with Gasteiger partial charge in [-0.05, 0) is 38.4 Å². The van der Waals surface area contributed by atoms with Crippen molar-refractivity contribution >= 4 is 11.8 Å². The highest BCUT2D eigenvalue weighted by Gasteiger charge is 2.41. The Kier molecular flexibility index (Phi) is 3.43. The fourth-order valence-corrected chi connectivity index (χ4v) is 3.00. The van der Waals surface area contributed by atoms with Gasteiger partial charge in [0.2, 0.25) is 0 Å². The molecule has 1 unspecified atom stereocenters. The molecule has 0 heterocycles. The summed E-state index contributed by atoms with van der Waals surface area (Å²) < 4.78 is 0.633. The van der Waals surface area contributed by atoms with Gasteiger partial charge in [0.05, 0.1) is 0 Å². The van der Waals surface area contributed by atoms with E-state index in [2.05, 4.69) is 30.3 Å². The lowest BCUT2D eigenvalue weighted by atomic mass is 9.81. The van der Waals surface area contributed by atoms with Crippen molar-refractivity contribution in [2.45, 2.75) is 56.2 Å². The Morgan fingerprint density at radius 3 is 2.57 bits per heavy atom. The standard InChI is InChI=1S/C12H23NS/c1-10(8-11-4-3-5-11)13-9-12(14-2)6-7-12/h10-11,13H,3-9H2,1-2H3. The summed E-state index contributed by atoms with van der Waals surface area (Å²) in [5, 5.41) is 3.71. The minimum atomic E-state index is 0.633. The quantitative estimate of drug-likeness (QED) is 0.728. The van der Waals surface area contributed by atoms with E-state index in [0.717, 1.165) is 12.0 Å². The molecule has 14 heavy (non-hydrogen) atoms. The molecule has 0 spiro atoms. The molecule has 2 saturated carbocycles. The van der Waals surface area contributed by atoms with Crippen molar-refractivity contribution in [1.29, 1.82) is 0 Å². The van der Waals surface area contributed by atoms with Gasteiger partial charge >= 0.3 is 0 Å². The zero-order chi connectivity index (χ0) is 10.0. The van der Waals surface area contributed by atoms with Crippen molar-refractivity contribution in [2.24, 2.45) is 5.92 Å². The van der Waals surface area contributed by atoms with E-state index in [1.54, 1.807) is 0 Å². The van der Waals surface area contributed by atoms with Gasteiger partial charge in [-0.25, -0.2) is 0 Å². The minimum absolute atomic E-state index is 0.633. The third-order valence-corrected chi connectivity index (χ3v) is 5.34. The molecule has 0 radical (unpaired) electrons. The maximum atomic E-state index is 3.71. The first-order valence-corrected chi connectivity index (χ1v) is 7.25. The molecule has 1 nitrogen and oxygen atoms in total. The summed E-state index contributed by atoms with van der Waals surface area (Å²) in [4.78, 5) is 0. The molecule has 2 aliphatic carbocycles. The first-order chi connectivity index (χ1) is 6.74. The molecule has 0 bridgehead atoms. The van der Waals surface area contributed by atoms with Gasteiger partial charge in [-0.2, -0.15) is 11.8 Å². The zero-order valence-electron chi connectivity index (χ0n) is 9.51. The molecule has 0 aromatic carbocycles. The van der Waals surface area contributed by atoms with Crippen molar-refractivity contribution in [3.8, 4) is 0 Å². The molecule has 2 fully saturated rings. The summed E-state index contributed by atoms with van der Waals surface area (Å²) in [6.07, 6.45) is 11.0. The lowest BCUT2D eigenvalue weighted by molar-refractivity contribution is 0.266. The summed E-state index contributed by atoms with van der Waals surface area (Å²) >= 11 is 2.06. The third kappa shape index (κ3) is 2.66. The van der Waals surface area contributed by atoms with E-state index < -0.39 is 0 Å². The molecule has 2 heteroatoms. The van der Waals surface area contributed by atoms with E-state index in [0.29, 0.717) is 4.75 Å². The molecule has 0 saturated heterocycles. The number of hydrogen-bond acceptors (Lipinski definition) is 2. The predicted octanol–water partition coefficient (Wildman–Crippen LogP) is 3.05. The van der Waals surface area contributed by atoms with Crippen LogP contribution in [0.5, 0.6) is 0 Å². The summed E-state index contributed by atoms with van der Waals surface area (Å²) in [7, 11) is 0. The topological polar surface area (TPSA) is 12.0 Å². The molecule has 0 aromatic rings. The third-order valence-electron chi connectivity index (χ3n) is 3.93. The largest absolute Gasteiger partial charge is 0.313 e. The van der Waals surface area contributed by atoms with Crippen LogP contribution in [0.25, 0.3) is 0 Å². The van der Waals surface area contributed by atoms with Crippen molar-refractivity contribution in [1.82, 2.24) is 5.32 Å². The maximum Gasteiger partial charge on any atom is 0.0282 e. The Balaban J connectivity index is 1.59. The SMILES string of the molecule is CSC1(CNC(C)CC2CCC2)CC1. The van der Waals surface area contributed by atoms with Crippen molar-refractivity contribution in [2.75, 3.05) is 12.8 Å². The van der Waals surface area contributed by atoms with Gasteiger partial charge in [0.1, 0.15) is 0 Å². The van der Waals surface area contributed by atoms with Crippen LogP contribution in [0.3, 0.4) is 0 Å². The van der Waals surface area contributed by atoms with E-state index >= 15 is 0 Å². The van der Waals surface area contributed by atoms with E-state index in [-0.39, 0.29) is 0 Å². The van der Waals surface area contributed by atoms with Gasteiger partial charge in [-0.3, -0.25) is 0 Å². The second-order valence-corrected chi connectivity index (χ2v) is 6.48. The Bertz CT molecular complexity index is 185. The highest BCUT2D eigenvalue weighted by molar-refractivity contribution is 8.00. The van der Waals surface area contributed by atoms with Crippen LogP contribution in [-0.2, 0) is 0 Å². The van der Waals surface area contributed by atoms with E-state index in [9.17, 15) is 0 Å². The van der Waals surface area contributed by atoms with Crippen LogP contribution < -0.4 is 5.32 Å². The summed E-state index contributed by atoms with van der Waals surface area (Å²) in [6, 6.07) is 0.741. The smallest absolute Gasteiger partial charge is 0.0282 e. The number of hydrogen-bond donors (Lipinski definition) is 1. The number of rotatable bonds is 6. The van der Waals surface area contributed by atoms with E-state index in [1.807, 2.05) is 0 Å². The van der Waals surface area contributed by atoms with Gasteiger partial charge < -0.3 is 5.32 Å². The molecular formula is C12H23NS. The second-order valence-electron chi connectivity index (χ2n) is 5.20. The van der Waals surface area contributed by atoms with Gasteiger partial charge in [-0.1, -0.05) is 19.3 Å². The van der Waals surface area contributed by atoms with E-state index in [1.165, 1.54) is 45.1 Å². The zero-order valence-corrected chi connectivity index (χ0v) is 10.3. The lowest BCUT2D eigenvalue weighted by Crippen LogP contribution is -2.35. The van der Waals surface area contributed by atoms with Gasteiger partial charge in [0.15, 0.2) is 0 Å². The monoisotopic (exact) mass is 213 g/mol. The normalized spacial score (nSPS) is 27.0. The molecular weight excluding hydrogens is 190 g/mol. The van der Waals surface area contributed by atoms with Gasteiger partial charge in [0.25, 0.3) is 0 Å². The Hall–Kier alpha value is 0.310. The first kappa shape index (κ1) is 10.8. The summed E-state index contributed by atoms with van der Waals surface area (Å²) in [5.41, 5.74) is 0. The molecule has 0 aliphatic heterocycles. The molecule has 0 aromatic heterocycles. The number of thioether (sulfide) groups is 1. The van der Waals surface area contributed by atoms with Crippen LogP contribution in [0.4, 0.5) is 0 Å².